The van der Waals surface area contributed by atoms with Gasteiger partial charge >= 0.3 is 0 Å². The summed E-state index contributed by atoms with van der Waals surface area (Å²) in [6.07, 6.45) is 2.89. The zero-order valence-corrected chi connectivity index (χ0v) is 21.8. The SMILES string of the molecule is CCCCN1CC(Nc2cc(F)c([C@@H]3c4[nH]c5ccccc5c4C[C@@H](C)N3CC(C)(F)CO)c(F)c2)C1. The van der Waals surface area contributed by atoms with E-state index in [9.17, 15) is 5.11 Å². The van der Waals surface area contributed by atoms with Crippen molar-refractivity contribution in [2.24, 2.45) is 0 Å². The van der Waals surface area contributed by atoms with Crippen molar-refractivity contribution in [2.45, 2.75) is 63.8 Å². The summed E-state index contributed by atoms with van der Waals surface area (Å²) in [7, 11) is 0. The minimum atomic E-state index is -1.92. The van der Waals surface area contributed by atoms with Gasteiger partial charge in [0.1, 0.15) is 17.3 Å². The van der Waals surface area contributed by atoms with E-state index in [-0.39, 0.29) is 24.2 Å². The highest BCUT2D eigenvalue weighted by Gasteiger charge is 2.42. The molecule has 5 nitrogen and oxygen atoms in total. The fourth-order valence-corrected chi connectivity index (χ4v) is 5.89. The van der Waals surface area contributed by atoms with E-state index < -0.39 is 30.0 Å². The predicted molar refractivity (Wildman–Crippen MR) is 142 cm³/mol. The smallest absolute Gasteiger partial charge is 0.143 e. The predicted octanol–water partition coefficient (Wildman–Crippen LogP) is 5.40. The molecule has 0 aliphatic carbocycles. The molecule has 3 N–H and O–H groups in total. The van der Waals surface area contributed by atoms with Crippen molar-refractivity contribution < 1.29 is 18.3 Å². The highest BCUT2D eigenvalue weighted by Crippen LogP contribution is 2.43. The summed E-state index contributed by atoms with van der Waals surface area (Å²) in [4.78, 5) is 7.49. The standard InChI is InChI=1S/C29H37F3N4O/c1-4-5-10-35-14-20(15-35)33-19-12-23(30)26(24(31)13-19)28-27-22(21-8-6-7-9-25(21)34-27)11-18(2)36(28)16-29(3,32)17-37/h6-9,12-13,18,20,28,33-34,37H,4-5,10-11,14-17H2,1-3H3/t18-,28-,29?/m1/s1. The molecule has 0 spiro atoms. The molecule has 2 aromatic carbocycles. The van der Waals surface area contributed by atoms with E-state index in [0.717, 1.165) is 48.9 Å². The second-order valence-corrected chi connectivity index (χ2v) is 11.1. The van der Waals surface area contributed by atoms with Gasteiger partial charge in [-0.15, -0.1) is 0 Å². The largest absolute Gasteiger partial charge is 0.393 e. The lowest BCUT2D eigenvalue weighted by molar-refractivity contribution is 0.0162. The molecule has 0 bridgehead atoms. The van der Waals surface area contributed by atoms with Crippen molar-refractivity contribution in [3.63, 3.8) is 0 Å². The molecule has 1 unspecified atom stereocenters. The van der Waals surface area contributed by atoms with Gasteiger partial charge in [0.25, 0.3) is 0 Å². The second kappa shape index (κ2) is 10.3. The van der Waals surface area contributed by atoms with Crippen molar-refractivity contribution >= 4 is 16.6 Å². The van der Waals surface area contributed by atoms with Gasteiger partial charge in [-0.1, -0.05) is 31.5 Å². The number of unbranched alkanes of at least 4 members (excludes halogenated alkanes) is 1. The number of fused-ring (bicyclic) bond motifs is 3. The van der Waals surface area contributed by atoms with E-state index >= 15 is 13.2 Å². The average Bonchev–Trinajstić information content (AvgIpc) is 3.19. The Morgan fingerprint density at radius 2 is 1.86 bits per heavy atom. The molecule has 37 heavy (non-hydrogen) atoms. The number of likely N-dealkylation sites (tertiary alicyclic amines) is 1. The lowest BCUT2D eigenvalue weighted by Gasteiger charge is -2.43. The first-order chi connectivity index (χ1) is 17.7. The third kappa shape index (κ3) is 5.11. The quantitative estimate of drug-likeness (QED) is 0.358. The molecule has 3 heterocycles. The molecule has 5 rings (SSSR count). The number of anilines is 1. The molecule has 0 saturated carbocycles. The average molecular weight is 515 g/mol. The van der Waals surface area contributed by atoms with Crippen LogP contribution in [0.4, 0.5) is 18.9 Å². The minimum absolute atomic E-state index is 0.100. The molecule has 3 aromatic rings. The van der Waals surface area contributed by atoms with Crippen LogP contribution in [0.25, 0.3) is 10.9 Å². The number of para-hydroxylation sites is 1. The summed E-state index contributed by atoms with van der Waals surface area (Å²) in [5, 5.41) is 13.9. The van der Waals surface area contributed by atoms with E-state index in [4.69, 9.17) is 0 Å². The Kier molecular flexibility index (Phi) is 7.27. The third-order valence-corrected chi connectivity index (χ3v) is 7.87. The Morgan fingerprint density at radius 1 is 1.16 bits per heavy atom. The van der Waals surface area contributed by atoms with Gasteiger partial charge in [0.05, 0.1) is 18.7 Å². The number of benzene rings is 2. The van der Waals surface area contributed by atoms with E-state index in [1.54, 1.807) is 4.90 Å². The normalized spacial score (nSPS) is 22.6. The van der Waals surface area contributed by atoms with E-state index in [1.165, 1.54) is 19.1 Å². The maximum Gasteiger partial charge on any atom is 0.143 e. The van der Waals surface area contributed by atoms with Crippen LogP contribution < -0.4 is 5.32 Å². The summed E-state index contributed by atoms with van der Waals surface area (Å²) in [5.41, 5.74) is 0.953. The number of aliphatic hydroxyl groups excluding tert-OH is 1. The zero-order chi connectivity index (χ0) is 26.3. The lowest BCUT2D eigenvalue weighted by atomic mass is 9.87. The molecule has 0 radical (unpaired) electrons. The number of halogens is 3. The molecule has 1 fully saturated rings. The molecular formula is C29H37F3N4O. The van der Waals surface area contributed by atoms with Crippen LogP contribution in [0.5, 0.6) is 0 Å². The molecule has 3 atom stereocenters. The van der Waals surface area contributed by atoms with Gasteiger partial charge in [0.2, 0.25) is 0 Å². The van der Waals surface area contributed by atoms with Gasteiger partial charge in [0.15, 0.2) is 0 Å². The highest BCUT2D eigenvalue weighted by molar-refractivity contribution is 5.85. The van der Waals surface area contributed by atoms with Crippen LogP contribution in [0.15, 0.2) is 36.4 Å². The van der Waals surface area contributed by atoms with Crippen LogP contribution in [0.3, 0.4) is 0 Å². The molecule has 2 aliphatic heterocycles. The first kappa shape index (κ1) is 26.1. The highest BCUT2D eigenvalue weighted by atomic mass is 19.1. The van der Waals surface area contributed by atoms with Crippen LogP contribution in [0.2, 0.25) is 0 Å². The number of H-pyrrole nitrogens is 1. The maximum atomic E-state index is 15.8. The number of rotatable bonds is 9. The van der Waals surface area contributed by atoms with Gasteiger partial charge in [-0.25, -0.2) is 13.2 Å². The van der Waals surface area contributed by atoms with Crippen molar-refractivity contribution in [1.29, 1.82) is 0 Å². The van der Waals surface area contributed by atoms with Crippen molar-refractivity contribution in [3.8, 4) is 0 Å². The van der Waals surface area contributed by atoms with Gasteiger partial charge in [-0.2, -0.15) is 0 Å². The zero-order valence-electron chi connectivity index (χ0n) is 21.8. The van der Waals surface area contributed by atoms with Crippen LogP contribution in [0.1, 0.15) is 56.5 Å². The molecule has 1 saturated heterocycles. The minimum Gasteiger partial charge on any atom is -0.393 e. The van der Waals surface area contributed by atoms with E-state index in [2.05, 4.69) is 22.1 Å². The summed E-state index contributed by atoms with van der Waals surface area (Å²) < 4.78 is 46.7. The van der Waals surface area contributed by atoms with Crippen molar-refractivity contribution in [3.05, 3.63) is 64.9 Å². The van der Waals surface area contributed by atoms with Gasteiger partial charge in [0, 0.05) is 53.5 Å². The van der Waals surface area contributed by atoms with Crippen molar-refractivity contribution in [1.82, 2.24) is 14.8 Å². The van der Waals surface area contributed by atoms with Crippen LogP contribution in [0, 0.1) is 11.6 Å². The first-order valence-corrected chi connectivity index (χ1v) is 13.3. The Hall–Kier alpha value is -2.55. The van der Waals surface area contributed by atoms with Crippen LogP contribution >= 0.6 is 0 Å². The number of nitrogens with one attached hydrogen (secondary N) is 2. The number of hydrogen-bond acceptors (Lipinski definition) is 4. The molecule has 2 aliphatic rings. The Morgan fingerprint density at radius 3 is 2.54 bits per heavy atom. The summed E-state index contributed by atoms with van der Waals surface area (Å²) >= 11 is 0. The summed E-state index contributed by atoms with van der Waals surface area (Å²) in [6, 6.07) is 9.61. The second-order valence-electron chi connectivity index (χ2n) is 11.1. The van der Waals surface area contributed by atoms with E-state index in [0.29, 0.717) is 17.8 Å². The Labute approximate surface area is 216 Å². The molecule has 0 amide bonds. The lowest BCUT2D eigenvalue weighted by Crippen LogP contribution is -2.54. The first-order valence-electron chi connectivity index (χ1n) is 13.3. The van der Waals surface area contributed by atoms with E-state index in [1.807, 2.05) is 31.2 Å². The number of aromatic amines is 1. The topological polar surface area (TPSA) is 54.5 Å². The fourth-order valence-electron chi connectivity index (χ4n) is 5.89. The number of nitrogens with zero attached hydrogens (tertiary/aromatic N) is 2. The summed E-state index contributed by atoms with van der Waals surface area (Å²) in [5.74, 6) is -1.33. The third-order valence-electron chi connectivity index (χ3n) is 7.87. The number of alkyl halides is 1. The Balaban J connectivity index is 1.50. The summed E-state index contributed by atoms with van der Waals surface area (Å²) in [6.45, 7) is 7.35. The van der Waals surface area contributed by atoms with Gasteiger partial charge in [-0.3, -0.25) is 9.80 Å². The molecular weight excluding hydrogens is 477 g/mol. The van der Waals surface area contributed by atoms with Crippen molar-refractivity contribution in [2.75, 3.05) is 38.1 Å². The number of hydrogen-bond donors (Lipinski definition) is 3. The van der Waals surface area contributed by atoms with Crippen LogP contribution in [-0.4, -0.2) is 70.4 Å². The molecule has 1 aromatic heterocycles. The maximum absolute atomic E-state index is 15.8. The monoisotopic (exact) mass is 514 g/mol. The van der Waals surface area contributed by atoms with Gasteiger partial charge in [-0.05, 0) is 57.0 Å². The van der Waals surface area contributed by atoms with Crippen LogP contribution in [-0.2, 0) is 6.42 Å². The fraction of sp³-hybridized carbons (Fsp3) is 0.517. The number of aliphatic hydroxyl groups is 1. The van der Waals surface area contributed by atoms with Gasteiger partial charge < -0.3 is 15.4 Å². The molecule has 8 heteroatoms. The Bertz CT molecular complexity index is 1230. The number of aromatic nitrogens is 1. The molecule has 200 valence electrons.